The Bertz CT molecular complexity index is 2110. The fraction of sp³-hybridized carbons (Fsp3) is 0.216. The van der Waals surface area contributed by atoms with Crippen LogP contribution < -0.4 is 4.90 Å². The van der Waals surface area contributed by atoms with Gasteiger partial charge in [-0.15, -0.1) is 0 Å². The normalized spacial score (nSPS) is 22.1. The van der Waals surface area contributed by atoms with E-state index in [1.54, 1.807) is 0 Å². The summed E-state index contributed by atoms with van der Waals surface area (Å²) < 4.78 is 2.41. The number of rotatable bonds is 2. The molecule has 3 aromatic heterocycles. The third-order valence-corrected chi connectivity index (χ3v) is 10.6. The molecule has 1 N–H and O–H groups in total. The lowest BCUT2D eigenvalue weighted by molar-refractivity contribution is 0.194. The Balaban J connectivity index is 1.27. The maximum Gasteiger partial charge on any atom is 0.0541 e. The van der Waals surface area contributed by atoms with Gasteiger partial charge in [0.2, 0.25) is 0 Å². The molecule has 2 atom stereocenters. The second-order valence-corrected chi connectivity index (χ2v) is 12.5. The number of aromatic nitrogens is 3. The topological polar surface area (TPSA) is 36.9 Å². The average molecular weight is 533 g/mol. The van der Waals surface area contributed by atoms with Gasteiger partial charge < -0.3 is 14.5 Å². The van der Waals surface area contributed by atoms with Crippen LogP contribution in [-0.2, 0) is 5.41 Å². The van der Waals surface area contributed by atoms with Crippen LogP contribution in [0.2, 0.25) is 0 Å². The van der Waals surface area contributed by atoms with Crippen LogP contribution in [0.1, 0.15) is 45.1 Å². The van der Waals surface area contributed by atoms with Gasteiger partial charge in [-0.1, -0.05) is 56.2 Å². The molecule has 0 saturated heterocycles. The summed E-state index contributed by atoms with van der Waals surface area (Å²) in [6.45, 7) is 4.95. The number of nitrogens with zero attached hydrogens (tertiary/aromatic N) is 3. The summed E-state index contributed by atoms with van der Waals surface area (Å²) in [5, 5.41) is 5.10. The van der Waals surface area contributed by atoms with E-state index in [1.165, 1.54) is 91.9 Å². The second kappa shape index (κ2) is 8.01. The van der Waals surface area contributed by atoms with Gasteiger partial charge in [0, 0.05) is 73.0 Å². The summed E-state index contributed by atoms with van der Waals surface area (Å²) in [7, 11) is 0. The summed E-state index contributed by atoms with van der Waals surface area (Å²) >= 11 is 0. The van der Waals surface area contributed by atoms with E-state index >= 15 is 0 Å². The van der Waals surface area contributed by atoms with Crippen LogP contribution >= 0.6 is 0 Å². The van der Waals surface area contributed by atoms with E-state index in [0.29, 0.717) is 0 Å². The Labute approximate surface area is 239 Å². The fourth-order valence-corrected chi connectivity index (χ4v) is 8.33. The third kappa shape index (κ3) is 2.92. The molecule has 4 nitrogen and oxygen atoms in total. The molecule has 200 valence electrons. The van der Waals surface area contributed by atoms with Crippen molar-refractivity contribution in [3.8, 4) is 5.69 Å². The standard InChI is InChI=1S/C37H32N4/c1-36-18-7-8-19-37(36,2)41(35-17-20-38-23-30(35)36)25-14-16-32-29(22-25)28-21-24(13-15-31(28)39-32)40-33-11-5-3-9-26(33)27-10-4-6-12-34(27)40/h3-6,9-17,20-23,39H,7-8,18-19H2,1-2H3. The van der Waals surface area contributed by atoms with E-state index in [2.05, 4.69) is 130 Å². The zero-order valence-corrected chi connectivity index (χ0v) is 23.5. The SMILES string of the molecule is CC12CCCCC1(C)N(c1ccc3[nH]c4ccc(-n5c6ccccc6c6ccccc65)cc4c3c1)c1ccncc12. The largest absolute Gasteiger partial charge is 0.355 e. The molecule has 4 heterocycles. The Morgan fingerprint density at radius 1 is 0.683 bits per heavy atom. The molecular formula is C37H32N4. The van der Waals surface area contributed by atoms with Crippen molar-refractivity contribution in [3.63, 3.8) is 0 Å². The van der Waals surface area contributed by atoms with Crippen LogP contribution in [0.3, 0.4) is 0 Å². The number of para-hydroxylation sites is 2. The van der Waals surface area contributed by atoms with Crippen LogP contribution in [0.25, 0.3) is 49.3 Å². The number of nitrogens with one attached hydrogen (secondary N) is 1. The van der Waals surface area contributed by atoms with E-state index in [4.69, 9.17) is 0 Å². The van der Waals surface area contributed by atoms with Crippen molar-refractivity contribution in [2.24, 2.45) is 0 Å². The molecule has 0 bridgehead atoms. The molecule has 1 saturated carbocycles. The molecule has 4 heteroatoms. The number of benzene rings is 4. The Morgan fingerprint density at radius 3 is 2.05 bits per heavy atom. The number of anilines is 2. The molecule has 7 aromatic rings. The Morgan fingerprint density at radius 2 is 1.32 bits per heavy atom. The quantitative estimate of drug-likeness (QED) is 0.241. The van der Waals surface area contributed by atoms with Crippen molar-refractivity contribution >= 4 is 55.0 Å². The zero-order chi connectivity index (χ0) is 27.3. The van der Waals surface area contributed by atoms with Gasteiger partial charge in [0.25, 0.3) is 0 Å². The van der Waals surface area contributed by atoms with Gasteiger partial charge in [-0.05, 0) is 74.4 Å². The minimum absolute atomic E-state index is 0.0184. The minimum atomic E-state index is 0.0184. The van der Waals surface area contributed by atoms with Crippen LogP contribution in [-0.4, -0.2) is 20.1 Å². The van der Waals surface area contributed by atoms with E-state index in [9.17, 15) is 0 Å². The molecule has 2 aliphatic rings. The monoisotopic (exact) mass is 532 g/mol. The minimum Gasteiger partial charge on any atom is -0.355 e. The van der Waals surface area contributed by atoms with Gasteiger partial charge in [0.05, 0.1) is 16.6 Å². The van der Waals surface area contributed by atoms with Crippen LogP contribution in [0, 0.1) is 0 Å². The number of H-pyrrole nitrogens is 1. The number of aromatic amines is 1. The van der Waals surface area contributed by atoms with Gasteiger partial charge in [-0.2, -0.15) is 0 Å². The predicted molar refractivity (Wildman–Crippen MR) is 171 cm³/mol. The van der Waals surface area contributed by atoms with E-state index in [1.807, 2.05) is 6.20 Å². The van der Waals surface area contributed by atoms with Crippen LogP contribution in [0.5, 0.6) is 0 Å². The van der Waals surface area contributed by atoms with Crippen LogP contribution in [0.15, 0.2) is 103 Å². The molecule has 9 rings (SSSR count). The van der Waals surface area contributed by atoms with Crippen LogP contribution in [0.4, 0.5) is 11.4 Å². The van der Waals surface area contributed by atoms with Crippen molar-refractivity contribution < 1.29 is 0 Å². The van der Waals surface area contributed by atoms with Gasteiger partial charge in [-0.3, -0.25) is 4.98 Å². The predicted octanol–water partition coefficient (Wildman–Crippen LogP) is 9.56. The molecule has 2 unspecified atom stereocenters. The first-order chi connectivity index (χ1) is 20.1. The van der Waals surface area contributed by atoms with Gasteiger partial charge in [-0.25, -0.2) is 0 Å². The lowest BCUT2D eigenvalue weighted by Crippen LogP contribution is -2.54. The molecule has 1 fully saturated rings. The van der Waals surface area contributed by atoms with Crippen molar-refractivity contribution in [3.05, 3.63) is 109 Å². The first-order valence-corrected chi connectivity index (χ1v) is 14.9. The molecule has 4 aromatic carbocycles. The highest BCUT2D eigenvalue weighted by molar-refractivity contribution is 6.11. The molecule has 0 radical (unpaired) electrons. The van der Waals surface area contributed by atoms with E-state index < -0.39 is 0 Å². The Kier molecular flexibility index (Phi) is 4.52. The average Bonchev–Trinajstić information content (AvgIpc) is 3.60. The second-order valence-electron chi connectivity index (χ2n) is 12.5. The lowest BCUT2D eigenvalue weighted by atomic mass is 9.62. The summed E-state index contributed by atoms with van der Waals surface area (Å²) in [5.74, 6) is 0. The number of fused-ring (bicyclic) bond motifs is 9. The van der Waals surface area contributed by atoms with Crippen molar-refractivity contribution in [1.29, 1.82) is 0 Å². The highest BCUT2D eigenvalue weighted by Crippen LogP contribution is 2.60. The third-order valence-electron chi connectivity index (χ3n) is 10.6. The molecular weight excluding hydrogens is 500 g/mol. The first-order valence-electron chi connectivity index (χ1n) is 14.9. The number of hydrogen-bond donors (Lipinski definition) is 1. The molecule has 0 amide bonds. The Hall–Kier alpha value is -4.57. The summed E-state index contributed by atoms with van der Waals surface area (Å²) in [6, 6.07) is 33.5. The zero-order valence-electron chi connectivity index (χ0n) is 23.5. The van der Waals surface area contributed by atoms with E-state index in [0.717, 1.165) is 0 Å². The highest BCUT2D eigenvalue weighted by atomic mass is 15.3. The van der Waals surface area contributed by atoms with Crippen molar-refractivity contribution in [1.82, 2.24) is 14.5 Å². The smallest absolute Gasteiger partial charge is 0.0541 e. The lowest BCUT2D eigenvalue weighted by Gasteiger charge is -2.50. The fourth-order valence-electron chi connectivity index (χ4n) is 8.33. The summed E-state index contributed by atoms with van der Waals surface area (Å²) in [6.07, 6.45) is 9.01. The highest BCUT2D eigenvalue weighted by Gasteiger charge is 2.57. The molecule has 1 aliphatic heterocycles. The first kappa shape index (κ1) is 23.2. The molecule has 1 aliphatic carbocycles. The molecule has 41 heavy (non-hydrogen) atoms. The summed E-state index contributed by atoms with van der Waals surface area (Å²) in [5.41, 5.74) is 10.1. The maximum atomic E-state index is 4.58. The van der Waals surface area contributed by atoms with Crippen molar-refractivity contribution in [2.45, 2.75) is 50.5 Å². The summed E-state index contributed by atoms with van der Waals surface area (Å²) in [4.78, 5) is 10.9. The number of pyridine rings is 1. The van der Waals surface area contributed by atoms with E-state index in [-0.39, 0.29) is 11.0 Å². The maximum absolute atomic E-state index is 4.58. The van der Waals surface area contributed by atoms with Crippen molar-refractivity contribution in [2.75, 3.05) is 4.90 Å². The number of hydrogen-bond acceptors (Lipinski definition) is 2. The van der Waals surface area contributed by atoms with Gasteiger partial charge in [0.15, 0.2) is 0 Å². The molecule has 0 spiro atoms. The van der Waals surface area contributed by atoms with Gasteiger partial charge >= 0.3 is 0 Å². The van der Waals surface area contributed by atoms with Gasteiger partial charge in [0.1, 0.15) is 0 Å².